The Hall–Kier alpha value is -1.39. The second-order valence-electron chi connectivity index (χ2n) is 4.29. The molecule has 2 atom stereocenters. The molecule has 0 aromatic heterocycles. The van der Waals surface area contributed by atoms with Crippen molar-refractivity contribution >= 4 is 5.91 Å². The standard InChI is InChI=1S/C13H18N2O2/c1-17-9-12(10-5-3-2-4-6-10)15-11-7-13(16)14-8-11/h2-6,11-12,15H,7-9H2,1H3,(H,14,16). The molecule has 0 saturated carbocycles. The molecule has 2 rings (SSSR count). The van der Waals surface area contributed by atoms with Gasteiger partial charge in [0.05, 0.1) is 12.6 Å². The van der Waals surface area contributed by atoms with Crippen molar-refractivity contribution in [2.75, 3.05) is 20.3 Å². The minimum absolute atomic E-state index is 0.117. The van der Waals surface area contributed by atoms with Crippen LogP contribution < -0.4 is 10.6 Å². The number of benzene rings is 1. The first-order valence-corrected chi connectivity index (χ1v) is 5.86. The molecule has 4 heteroatoms. The lowest BCUT2D eigenvalue weighted by Gasteiger charge is -2.21. The van der Waals surface area contributed by atoms with E-state index in [2.05, 4.69) is 22.8 Å². The van der Waals surface area contributed by atoms with Crippen LogP contribution in [0.15, 0.2) is 30.3 Å². The lowest BCUT2D eigenvalue weighted by Crippen LogP contribution is -2.36. The highest BCUT2D eigenvalue weighted by Crippen LogP contribution is 2.15. The van der Waals surface area contributed by atoms with E-state index in [1.807, 2.05) is 18.2 Å². The van der Waals surface area contributed by atoms with E-state index in [9.17, 15) is 4.79 Å². The SMILES string of the molecule is COCC(NC1CNC(=O)C1)c1ccccc1. The molecule has 0 bridgehead atoms. The van der Waals surface area contributed by atoms with Crippen molar-refractivity contribution in [2.45, 2.75) is 18.5 Å². The van der Waals surface area contributed by atoms with Crippen LogP contribution in [0.25, 0.3) is 0 Å². The Balaban J connectivity index is 2.00. The van der Waals surface area contributed by atoms with Crippen LogP contribution in [0.1, 0.15) is 18.0 Å². The molecule has 1 aliphatic rings. The largest absolute Gasteiger partial charge is 0.383 e. The second kappa shape index (κ2) is 5.80. The topological polar surface area (TPSA) is 50.4 Å². The van der Waals surface area contributed by atoms with Gasteiger partial charge in [0.15, 0.2) is 0 Å². The Morgan fingerprint density at radius 3 is 2.82 bits per heavy atom. The summed E-state index contributed by atoms with van der Waals surface area (Å²) in [5, 5.41) is 6.28. The van der Waals surface area contributed by atoms with Gasteiger partial charge in [0.25, 0.3) is 0 Å². The van der Waals surface area contributed by atoms with E-state index in [1.54, 1.807) is 7.11 Å². The number of amides is 1. The summed E-state index contributed by atoms with van der Waals surface area (Å²) in [6, 6.07) is 10.5. The summed E-state index contributed by atoms with van der Waals surface area (Å²) in [4.78, 5) is 11.1. The highest BCUT2D eigenvalue weighted by Gasteiger charge is 2.24. The van der Waals surface area contributed by atoms with Gasteiger partial charge >= 0.3 is 0 Å². The molecule has 2 N–H and O–H groups in total. The molecule has 92 valence electrons. The molecule has 0 radical (unpaired) electrons. The van der Waals surface area contributed by atoms with E-state index < -0.39 is 0 Å². The number of carbonyl (C=O) groups excluding carboxylic acids is 1. The Morgan fingerprint density at radius 1 is 1.47 bits per heavy atom. The average Bonchev–Trinajstić information content (AvgIpc) is 2.75. The van der Waals surface area contributed by atoms with E-state index in [0.717, 1.165) is 0 Å². The number of hydrogen-bond acceptors (Lipinski definition) is 3. The zero-order chi connectivity index (χ0) is 12.1. The fourth-order valence-corrected chi connectivity index (χ4v) is 2.10. The fraction of sp³-hybridized carbons (Fsp3) is 0.462. The van der Waals surface area contributed by atoms with Crippen molar-refractivity contribution in [2.24, 2.45) is 0 Å². The third-order valence-corrected chi connectivity index (χ3v) is 2.95. The summed E-state index contributed by atoms with van der Waals surface area (Å²) in [5.74, 6) is 0.117. The Bertz CT molecular complexity index is 367. The molecule has 1 aromatic carbocycles. The van der Waals surface area contributed by atoms with Gasteiger partial charge < -0.3 is 15.4 Å². The minimum Gasteiger partial charge on any atom is -0.383 e. The van der Waals surface area contributed by atoms with Crippen molar-refractivity contribution in [3.05, 3.63) is 35.9 Å². The molecule has 2 unspecified atom stereocenters. The normalized spacial score (nSPS) is 21.2. The van der Waals surface area contributed by atoms with Crippen LogP contribution >= 0.6 is 0 Å². The fourth-order valence-electron chi connectivity index (χ4n) is 2.10. The predicted octanol–water partition coefficient (Wildman–Crippen LogP) is 0.852. The molecular weight excluding hydrogens is 216 g/mol. The summed E-state index contributed by atoms with van der Waals surface area (Å²) in [6.07, 6.45) is 0.549. The Morgan fingerprint density at radius 2 is 2.24 bits per heavy atom. The van der Waals surface area contributed by atoms with E-state index in [0.29, 0.717) is 19.6 Å². The Kier molecular flexibility index (Phi) is 4.12. The van der Waals surface area contributed by atoms with E-state index in [1.165, 1.54) is 5.56 Å². The molecule has 1 aromatic rings. The molecular formula is C13H18N2O2. The summed E-state index contributed by atoms with van der Waals surface area (Å²) < 4.78 is 5.23. The molecule has 0 aliphatic carbocycles. The van der Waals surface area contributed by atoms with Crippen LogP contribution in [-0.4, -0.2) is 32.2 Å². The number of rotatable bonds is 5. The van der Waals surface area contributed by atoms with Crippen LogP contribution in [-0.2, 0) is 9.53 Å². The molecule has 17 heavy (non-hydrogen) atoms. The summed E-state index contributed by atoms with van der Waals surface area (Å²) >= 11 is 0. The summed E-state index contributed by atoms with van der Waals surface area (Å²) in [7, 11) is 1.69. The first-order valence-electron chi connectivity index (χ1n) is 5.86. The molecule has 1 fully saturated rings. The van der Waals surface area contributed by atoms with Crippen molar-refractivity contribution in [3.8, 4) is 0 Å². The van der Waals surface area contributed by atoms with Gasteiger partial charge in [-0.15, -0.1) is 0 Å². The van der Waals surface area contributed by atoms with Gasteiger partial charge in [-0.3, -0.25) is 4.79 Å². The first-order chi connectivity index (χ1) is 8.29. The van der Waals surface area contributed by atoms with Crippen LogP contribution in [0.3, 0.4) is 0 Å². The van der Waals surface area contributed by atoms with E-state index in [-0.39, 0.29) is 18.0 Å². The molecule has 0 spiro atoms. The quantitative estimate of drug-likeness (QED) is 0.794. The molecule has 1 saturated heterocycles. The van der Waals surface area contributed by atoms with E-state index in [4.69, 9.17) is 4.74 Å². The number of ether oxygens (including phenoxy) is 1. The third kappa shape index (κ3) is 3.28. The maximum absolute atomic E-state index is 11.1. The zero-order valence-corrected chi connectivity index (χ0v) is 9.98. The van der Waals surface area contributed by atoms with Crippen LogP contribution in [0.2, 0.25) is 0 Å². The van der Waals surface area contributed by atoms with Crippen molar-refractivity contribution in [1.82, 2.24) is 10.6 Å². The lowest BCUT2D eigenvalue weighted by molar-refractivity contribution is -0.119. The van der Waals surface area contributed by atoms with E-state index >= 15 is 0 Å². The zero-order valence-electron chi connectivity index (χ0n) is 9.98. The van der Waals surface area contributed by atoms with Crippen LogP contribution in [0.4, 0.5) is 0 Å². The number of hydrogen-bond donors (Lipinski definition) is 2. The minimum atomic E-state index is 0.117. The highest BCUT2D eigenvalue weighted by atomic mass is 16.5. The van der Waals surface area contributed by atoms with Crippen molar-refractivity contribution < 1.29 is 9.53 Å². The summed E-state index contributed by atoms with van der Waals surface area (Å²) in [5.41, 5.74) is 1.19. The molecule has 1 amide bonds. The monoisotopic (exact) mass is 234 g/mol. The van der Waals surface area contributed by atoms with Gasteiger partial charge in [-0.1, -0.05) is 30.3 Å². The number of nitrogens with one attached hydrogen (secondary N) is 2. The summed E-state index contributed by atoms with van der Waals surface area (Å²) in [6.45, 7) is 1.31. The molecule has 1 heterocycles. The average molecular weight is 234 g/mol. The van der Waals surface area contributed by atoms with Gasteiger partial charge in [-0.25, -0.2) is 0 Å². The van der Waals surface area contributed by atoms with Crippen molar-refractivity contribution in [1.29, 1.82) is 0 Å². The Labute approximate surface area is 101 Å². The lowest BCUT2D eigenvalue weighted by atomic mass is 10.1. The van der Waals surface area contributed by atoms with Crippen LogP contribution in [0.5, 0.6) is 0 Å². The number of carbonyl (C=O) groups is 1. The second-order valence-corrected chi connectivity index (χ2v) is 4.29. The first kappa shape index (κ1) is 12.1. The molecule has 4 nitrogen and oxygen atoms in total. The van der Waals surface area contributed by atoms with Crippen molar-refractivity contribution in [3.63, 3.8) is 0 Å². The van der Waals surface area contributed by atoms with Gasteiger partial charge in [-0.2, -0.15) is 0 Å². The van der Waals surface area contributed by atoms with Gasteiger partial charge in [0.2, 0.25) is 5.91 Å². The molecule has 1 aliphatic heterocycles. The highest BCUT2D eigenvalue weighted by molar-refractivity contribution is 5.78. The maximum atomic E-state index is 11.1. The smallest absolute Gasteiger partial charge is 0.221 e. The van der Waals surface area contributed by atoms with Gasteiger partial charge in [0, 0.05) is 26.1 Å². The maximum Gasteiger partial charge on any atom is 0.221 e. The van der Waals surface area contributed by atoms with Crippen LogP contribution in [0, 0.1) is 0 Å². The third-order valence-electron chi connectivity index (χ3n) is 2.95. The number of methoxy groups -OCH3 is 1. The predicted molar refractivity (Wildman–Crippen MR) is 65.6 cm³/mol. The van der Waals surface area contributed by atoms with Gasteiger partial charge in [-0.05, 0) is 5.56 Å². The van der Waals surface area contributed by atoms with Gasteiger partial charge in [0.1, 0.15) is 0 Å².